The van der Waals surface area contributed by atoms with Crippen molar-refractivity contribution in [2.75, 3.05) is 19.0 Å². The number of hydrogen-bond donors (Lipinski definition) is 3. The van der Waals surface area contributed by atoms with Crippen LogP contribution in [0.4, 0.5) is 14.9 Å². The molecule has 3 N–H and O–H groups in total. The van der Waals surface area contributed by atoms with Crippen molar-refractivity contribution in [2.45, 2.75) is 19.4 Å². The second kappa shape index (κ2) is 9.05. The van der Waals surface area contributed by atoms with Crippen molar-refractivity contribution in [1.82, 2.24) is 0 Å². The average molecular weight is 363 g/mol. The van der Waals surface area contributed by atoms with Gasteiger partial charge in [-0.25, -0.2) is 9.18 Å². The Hall–Kier alpha value is -2.80. The normalized spacial score (nSPS) is 12.9. The monoisotopic (exact) mass is 363 g/mol. The number of carbonyl (C=O) groups excluding carboxylic acids is 1. The van der Waals surface area contributed by atoms with Crippen molar-refractivity contribution in [2.24, 2.45) is 5.92 Å². The maximum absolute atomic E-state index is 13.7. The fourth-order valence-corrected chi connectivity index (χ4v) is 2.50. The summed E-state index contributed by atoms with van der Waals surface area (Å²) in [5, 5.41) is 21.1. The molecule has 2 aromatic rings. The van der Waals surface area contributed by atoms with Gasteiger partial charge in [-0.2, -0.15) is 0 Å². The lowest BCUT2D eigenvalue weighted by Gasteiger charge is -2.24. The fraction of sp³-hybridized carbons (Fsp3) is 0.316. The number of nitrogens with one attached hydrogen (secondary N) is 1. The lowest BCUT2D eigenvalue weighted by atomic mass is 9.94. The van der Waals surface area contributed by atoms with Gasteiger partial charge in [0.2, 0.25) is 0 Å². The van der Waals surface area contributed by atoms with E-state index in [4.69, 9.17) is 14.6 Å². The van der Waals surface area contributed by atoms with Crippen LogP contribution in [0, 0.1) is 11.7 Å². The number of benzene rings is 2. The lowest BCUT2D eigenvalue weighted by Crippen LogP contribution is -2.22. The molecule has 0 bridgehead atoms. The van der Waals surface area contributed by atoms with Crippen molar-refractivity contribution in [3.8, 4) is 11.5 Å². The van der Waals surface area contributed by atoms with Gasteiger partial charge in [-0.05, 0) is 54.3 Å². The van der Waals surface area contributed by atoms with Crippen molar-refractivity contribution >= 4 is 11.8 Å². The number of phenols is 1. The van der Waals surface area contributed by atoms with Crippen LogP contribution >= 0.6 is 0 Å². The summed E-state index contributed by atoms with van der Waals surface area (Å²) in [6.07, 6.45) is -1.13. The topological polar surface area (TPSA) is 88.0 Å². The van der Waals surface area contributed by atoms with Crippen LogP contribution in [0.1, 0.15) is 25.0 Å². The minimum Gasteiger partial charge on any atom is -0.505 e. The highest BCUT2D eigenvalue weighted by molar-refractivity contribution is 5.84. The third-order valence-corrected chi connectivity index (χ3v) is 3.97. The van der Waals surface area contributed by atoms with Gasteiger partial charge in [-0.1, -0.05) is 13.0 Å². The maximum atomic E-state index is 13.7. The van der Waals surface area contributed by atoms with Crippen LogP contribution in [-0.4, -0.2) is 30.0 Å². The van der Waals surface area contributed by atoms with E-state index < -0.39 is 23.8 Å². The molecule has 0 aliphatic heterocycles. The summed E-state index contributed by atoms with van der Waals surface area (Å²) < 4.78 is 24.2. The number of halogens is 1. The highest BCUT2D eigenvalue weighted by Crippen LogP contribution is 2.31. The Labute approximate surface area is 151 Å². The number of rotatable bonds is 7. The molecule has 0 radical (unpaired) electrons. The van der Waals surface area contributed by atoms with Gasteiger partial charge in [-0.3, -0.25) is 5.32 Å². The Balaban J connectivity index is 2.14. The largest absolute Gasteiger partial charge is 0.505 e. The predicted octanol–water partition coefficient (Wildman–Crippen LogP) is 3.85. The lowest BCUT2D eigenvalue weighted by molar-refractivity contribution is 0.0665. The molecule has 0 aliphatic carbocycles. The standard InChI is InChI=1S/C19H22FNO5/c1-12(9-10-22)18(13-3-8-17(23)16(20)11-13)26-19(24)21-14-4-6-15(25-2)7-5-14/h3-8,11-12,18,22-23H,9-10H2,1-2H3,(H,21,24)/t12-,18-/m0/s1. The molecule has 1 amide bonds. The molecule has 2 atom stereocenters. The number of amides is 1. The molecule has 140 valence electrons. The van der Waals surface area contributed by atoms with Gasteiger partial charge >= 0.3 is 6.09 Å². The second-order valence-electron chi connectivity index (χ2n) is 5.88. The Morgan fingerprint density at radius 1 is 1.23 bits per heavy atom. The Bertz CT molecular complexity index is 735. The van der Waals surface area contributed by atoms with E-state index in [9.17, 15) is 14.3 Å². The summed E-state index contributed by atoms with van der Waals surface area (Å²) in [4.78, 5) is 12.2. The number of aromatic hydroxyl groups is 1. The first-order chi connectivity index (χ1) is 12.4. The van der Waals surface area contributed by atoms with Crippen LogP contribution in [-0.2, 0) is 4.74 Å². The van der Waals surface area contributed by atoms with Gasteiger partial charge in [0, 0.05) is 12.3 Å². The maximum Gasteiger partial charge on any atom is 0.412 e. The van der Waals surface area contributed by atoms with Crippen molar-refractivity contribution in [3.05, 3.63) is 53.8 Å². The molecule has 2 aromatic carbocycles. The highest BCUT2D eigenvalue weighted by Gasteiger charge is 2.24. The first-order valence-electron chi connectivity index (χ1n) is 8.15. The molecule has 0 aromatic heterocycles. The molecule has 0 aliphatic rings. The van der Waals surface area contributed by atoms with Crippen LogP contribution in [0.3, 0.4) is 0 Å². The molecule has 0 saturated heterocycles. The molecular formula is C19H22FNO5. The van der Waals surface area contributed by atoms with E-state index >= 15 is 0 Å². The van der Waals surface area contributed by atoms with Crippen molar-refractivity contribution in [3.63, 3.8) is 0 Å². The Morgan fingerprint density at radius 3 is 2.50 bits per heavy atom. The number of ether oxygens (including phenoxy) is 2. The van der Waals surface area contributed by atoms with Gasteiger partial charge in [0.15, 0.2) is 11.6 Å². The minimum atomic E-state index is -0.803. The molecule has 26 heavy (non-hydrogen) atoms. The molecule has 6 nitrogen and oxygen atoms in total. The van der Waals surface area contributed by atoms with E-state index in [-0.39, 0.29) is 12.5 Å². The van der Waals surface area contributed by atoms with E-state index in [1.807, 2.05) is 0 Å². The van der Waals surface area contributed by atoms with E-state index in [0.29, 0.717) is 23.4 Å². The van der Waals surface area contributed by atoms with E-state index in [1.165, 1.54) is 12.1 Å². The first kappa shape index (κ1) is 19.5. The Kier molecular flexibility index (Phi) is 6.80. The number of carbonyl (C=O) groups is 1. The van der Waals surface area contributed by atoms with Crippen LogP contribution < -0.4 is 10.1 Å². The van der Waals surface area contributed by atoms with E-state index in [0.717, 1.165) is 6.07 Å². The molecular weight excluding hydrogens is 341 g/mol. The van der Waals surface area contributed by atoms with Crippen LogP contribution in [0.5, 0.6) is 11.5 Å². The third-order valence-electron chi connectivity index (χ3n) is 3.97. The highest BCUT2D eigenvalue weighted by atomic mass is 19.1. The fourth-order valence-electron chi connectivity index (χ4n) is 2.50. The Morgan fingerprint density at radius 2 is 1.92 bits per heavy atom. The summed E-state index contributed by atoms with van der Waals surface area (Å²) in [7, 11) is 1.54. The smallest absolute Gasteiger partial charge is 0.412 e. The first-order valence-corrected chi connectivity index (χ1v) is 8.15. The number of hydrogen-bond acceptors (Lipinski definition) is 5. The molecule has 0 fully saturated rings. The predicted molar refractivity (Wildman–Crippen MR) is 94.8 cm³/mol. The zero-order chi connectivity index (χ0) is 19.1. The zero-order valence-corrected chi connectivity index (χ0v) is 14.6. The van der Waals surface area contributed by atoms with Gasteiger partial charge in [0.05, 0.1) is 7.11 Å². The van der Waals surface area contributed by atoms with E-state index in [1.54, 1.807) is 38.3 Å². The van der Waals surface area contributed by atoms with Gasteiger partial charge in [0.1, 0.15) is 11.9 Å². The summed E-state index contributed by atoms with van der Waals surface area (Å²) in [5.74, 6) is -0.892. The van der Waals surface area contributed by atoms with E-state index in [2.05, 4.69) is 5.32 Å². The number of anilines is 1. The van der Waals surface area contributed by atoms with Gasteiger partial charge in [-0.15, -0.1) is 0 Å². The number of methoxy groups -OCH3 is 1. The number of aliphatic hydroxyl groups excluding tert-OH is 1. The van der Waals surface area contributed by atoms with Crippen LogP contribution in [0.15, 0.2) is 42.5 Å². The molecule has 0 unspecified atom stereocenters. The molecule has 0 saturated carbocycles. The summed E-state index contributed by atoms with van der Waals surface area (Å²) >= 11 is 0. The molecule has 0 spiro atoms. The quantitative estimate of drug-likeness (QED) is 0.695. The summed E-state index contributed by atoms with van der Waals surface area (Å²) in [6.45, 7) is 1.69. The average Bonchev–Trinajstić information content (AvgIpc) is 2.63. The summed E-state index contributed by atoms with van der Waals surface area (Å²) in [6, 6.07) is 10.5. The zero-order valence-electron chi connectivity index (χ0n) is 14.6. The summed E-state index contributed by atoms with van der Waals surface area (Å²) in [5.41, 5.74) is 0.910. The third kappa shape index (κ3) is 5.10. The van der Waals surface area contributed by atoms with Crippen LogP contribution in [0.25, 0.3) is 0 Å². The van der Waals surface area contributed by atoms with Gasteiger partial charge < -0.3 is 19.7 Å². The van der Waals surface area contributed by atoms with Gasteiger partial charge in [0.25, 0.3) is 0 Å². The van der Waals surface area contributed by atoms with Crippen molar-refractivity contribution in [1.29, 1.82) is 0 Å². The molecule has 0 heterocycles. The molecule has 2 rings (SSSR count). The number of aliphatic hydroxyl groups is 1. The van der Waals surface area contributed by atoms with Crippen LogP contribution in [0.2, 0.25) is 0 Å². The van der Waals surface area contributed by atoms with Crippen molar-refractivity contribution < 1.29 is 28.9 Å². The minimum absolute atomic E-state index is 0.0955. The number of phenolic OH excluding ortho intramolecular Hbond substituents is 1. The SMILES string of the molecule is COc1ccc(NC(=O)O[C@H](c2ccc(O)c(F)c2)[C@@H](C)CCO)cc1. The second-order valence-corrected chi connectivity index (χ2v) is 5.88. The molecule has 7 heteroatoms.